The van der Waals surface area contributed by atoms with Crippen molar-refractivity contribution in [2.24, 2.45) is 0 Å². The monoisotopic (exact) mass is 259 g/mol. The minimum atomic E-state index is -0.321. The molecule has 0 radical (unpaired) electrons. The van der Waals surface area contributed by atoms with E-state index in [4.69, 9.17) is 9.47 Å². The van der Waals surface area contributed by atoms with Crippen molar-refractivity contribution in [2.75, 3.05) is 7.11 Å². The lowest BCUT2D eigenvalue weighted by molar-refractivity contribution is -0.131. The number of hydrogen-bond donors (Lipinski definition) is 0. The molecule has 0 N–H and O–H groups in total. The summed E-state index contributed by atoms with van der Waals surface area (Å²) in [6.45, 7) is 4.01. The maximum Gasteiger partial charge on any atom is 0.308 e. The Morgan fingerprint density at radius 2 is 2.16 bits per heavy atom. The summed E-state index contributed by atoms with van der Waals surface area (Å²) in [6.07, 6.45) is 2.72. The number of benzene rings is 1. The van der Waals surface area contributed by atoms with Gasteiger partial charge in [-0.1, -0.05) is 6.92 Å². The van der Waals surface area contributed by atoms with E-state index in [1.54, 1.807) is 13.2 Å². The van der Waals surface area contributed by atoms with E-state index in [0.29, 0.717) is 12.4 Å². The molecule has 4 heteroatoms. The van der Waals surface area contributed by atoms with Crippen LogP contribution in [-0.2, 0) is 22.6 Å². The quantitative estimate of drug-likeness (QED) is 0.625. The fourth-order valence-corrected chi connectivity index (χ4v) is 2.19. The molecule has 1 heterocycles. The number of ether oxygens (including phenoxy) is 2. The summed E-state index contributed by atoms with van der Waals surface area (Å²) in [5.41, 5.74) is 3.14. The second kappa shape index (κ2) is 5.80. The molecule has 19 heavy (non-hydrogen) atoms. The molecule has 0 spiro atoms. The summed E-state index contributed by atoms with van der Waals surface area (Å²) in [5.74, 6) is 0.226. The average Bonchev–Trinajstić information content (AvgIpc) is 2.38. The fraction of sp³-hybridized carbons (Fsp3) is 0.333. The molecule has 0 atom stereocenters. The number of hydrogen-bond acceptors (Lipinski definition) is 4. The number of nitrogens with zero attached hydrogens (tertiary/aromatic N) is 1. The fourth-order valence-electron chi connectivity index (χ4n) is 2.19. The molecule has 0 fully saturated rings. The van der Waals surface area contributed by atoms with E-state index in [0.717, 1.165) is 22.9 Å². The van der Waals surface area contributed by atoms with Crippen molar-refractivity contribution < 1.29 is 14.3 Å². The first-order valence-electron chi connectivity index (χ1n) is 6.23. The Labute approximate surface area is 112 Å². The first-order valence-corrected chi connectivity index (χ1v) is 6.23. The van der Waals surface area contributed by atoms with E-state index >= 15 is 0 Å². The van der Waals surface area contributed by atoms with Crippen LogP contribution in [0.15, 0.2) is 24.4 Å². The van der Waals surface area contributed by atoms with Crippen LogP contribution in [0.25, 0.3) is 10.9 Å². The van der Waals surface area contributed by atoms with Gasteiger partial charge >= 0.3 is 5.97 Å². The predicted octanol–water partition coefficient (Wildman–Crippen LogP) is 2.87. The molecule has 2 aromatic rings. The standard InChI is InChI=1S/C15H17NO3/c1-4-13-11(9-18-3)8-16-15-6-5-12(7-14(13)15)19-10(2)17/h5-8H,4,9H2,1-3H3. The Kier molecular flexibility index (Phi) is 4.12. The van der Waals surface area contributed by atoms with E-state index < -0.39 is 0 Å². The third kappa shape index (κ3) is 2.90. The lowest BCUT2D eigenvalue weighted by Crippen LogP contribution is -2.02. The van der Waals surface area contributed by atoms with Gasteiger partial charge in [-0.05, 0) is 35.7 Å². The van der Waals surface area contributed by atoms with E-state index in [-0.39, 0.29) is 5.97 Å². The largest absolute Gasteiger partial charge is 0.427 e. The number of carbonyl (C=O) groups excluding carboxylic acids is 1. The van der Waals surface area contributed by atoms with E-state index in [2.05, 4.69) is 11.9 Å². The SMILES string of the molecule is CCc1c(COC)cnc2ccc(OC(C)=O)cc12. The maximum absolute atomic E-state index is 11.0. The van der Waals surface area contributed by atoms with Gasteiger partial charge in [0.2, 0.25) is 0 Å². The highest BCUT2D eigenvalue weighted by atomic mass is 16.5. The predicted molar refractivity (Wildman–Crippen MR) is 73.1 cm³/mol. The lowest BCUT2D eigenvalue weighted by Gasteiger charge is -2.11. The molecule has 1 aromatic heterocycles. The molecule has 0 saturated carbocycles. The molecule has 0 bridgehead atoms. The molecule has 4 nitrogen and oxygen atoms in total. The van der Waals surface area contributed by atoms with Gasteiger partial charge in [0.25, 0.3) is 0 Å². The van der Waals surface area contributed by atoms with Crippen LogP contribution >= 0.6 is 0 Å². The van der Waals surface area contributed by atoms with Crippen molar-refractivity contribution in [3.05, 3.63) is 35.5 Å². The molecule has 0 aliphatic carbocycles. The van der Waals surface area contributed by atoms with Gasteiger partial charge in [0.05, 0.1) is 12.1 Å². The van der Waals surface area contributed by atoms with Gasteiger partial charge < -0.3 is 9.47 Å². The number of aryl methyl sites for hydroxylation is 1. The third-order valence-electron chi connectivity index (χ3n) is 2.96. The molecule has 0 unspecified atom stereocenters. The minimum absolute atomic E-state index is 0.321. The Hall–Kier alpha value is -1.94. The van der Waals surface area contributed by atoms with E-state index in [1.807, 2.05) is 18.3 Å². The van der Waals surface area contributed by atoms with Gasteiger partial charge in [-0.3, -0.25) is 9.78 Å². The number of fused-ring (bicyclic) bond motifs is 1. The first-order chi connectivity index (χ1) is 9.15. The van der Waals surface area contributed by atoms with Crippen molar-refractivity contribution in [3.63, 3.8) is 0 Å². The summed E-state index contributed by atoms with van der Waals surface area (Å²) in [4.78, 5) is 15.4. The second-order valence-electron chi connectivity index (χ2n) is 4.32. The van der Waals surface area contributed by atoms with Gasteiger partial charge in [0.1, 0.15) is 5.75 Å². The van der Waals surface area contributed by atoms with Crippen LogP contribution in [0.5, 0.6) is 5.75 Å². The maximum atomic E-state index is 11.0. The number of carbonyl (C=O) groups is 1. The molecule has 0 aliphatic heterocycles. The minimum Gasteiger partial charge on any atom is -0.427 e. The Bertz CT molecular complexity index is 608. The van der Waals surface area contributed by atoms with Crippen LogP contribution in [0.3, 0.4) is 0 Å². The van der Waals surface area contributed by atoms with E-state index in [1.165, 1.54) is 12.5 Å². The highest BCUT2D eigenvalue weighted by Gasteiger charge is 2.09. The number of aromatic nitrogens is 1. The zero-order valence-electron chi connectivity index (χ0n) is 11.4. The molecule has 1 aromatic carbocycles. The van der Waals surface area contributed by atoms with Crippen molar-refractivity contribution in [3.8, 4) is 5.75 Å². The average molecular weight is 259 g/mol. The third-order valence-corrected chi connectivity index (χ3v) is 2.96. The topological polar surface area (TPSA) is 48.4 Å². The summed E-state index contributed by atoms with van der Waals surface area (Å²) in [5, 5.41) is 1.01. The normalized spacial score (nSPS) is 10.7. The van der Waals surface area contributed by atoms with Crippen LogP contribution in [0, 0.1) is 0 Å². The highest BCUT2D eigenvalue weighted by molar-refractivity contribution is 5.85. The number of pyridine rings is 1. The summed E-state index contributed by atoms with van der Waals surface area (Å²) >= 11 is 0. The van der Waals surface area contributed by atoms with Crippen molar-refractivity contribution in [2.45, 2.75) is 26.9 Å². The number of esters is 1. The Morgan fingerprint density at radius 3 is 2.79 bits per heavy atom. The summed E-state index contributed by atoms with van der Waals surface area (Å²) < 4.78 is 10.3. The van der Waals surface area contributed by atoms with Crippen LogP contribution in [0.4, 0.5) is 0 Å². The molecular formula is C15H17NO3. The molecule has 100 valence electrons. The van der Waals surface area contributed by atoms with Crippen LogP contribution in [-0.4, -0.2) is 18.1 Å². The number of rotatable bonds is 4. The van der Waals surface area contributed by atoms with Gasteiger partial charge in [0, 0.05) is 25.6 Å². The van der Waals surface area contributed by atoms with Gasteiger partial charge in [-0.25, -0.2) is 0 Å². The molecule has 0 aliphatic rings. The van der Waals surface area contributed by atoms with Crippen molar-refractivity contribution >= 4 is 16.9 Å². The van der Waals surface area contributed by atoms with Gasteiger partial charge in [-0.15, -0.1) is 0 Å². The number of methoxy groups -OCH3 is 1. The molecule has 0 saturated heterocycles. The zero-order chi connectivity index (χ0) is 13.8. The summed E-state index contributed by atoms with van der Waals surface area (Å²) in [7, 11) is 1.67. The molecule has 2 rings (SSSR count). The van der Waals surface area contributed by atoms with Gasteiger partial charge in [0.15, 0.2) is 0 Å². The van der Waals surface area contributed by atoms with Crippen molar-refractivity contribution in [1.82, 2.24) is 4.98 Å². The van der Waals surface area contributed by atoms with Crippen LogP contribution in [0.2, 0.25) is 0 Å². The van der Waals surface area contributed by atoms with E-state index in [9.17, 15) is 4.79 Å². The van der Waals surface area contributed by atoms with Crippen molar-refractivity contribution in [1.29, 1.82) is 0 Å². The van der Waals surface area contributed by atoms with Crippen LogP contribution < -0.4 is 4.74 Å². The van der Waals surface area contributed by atoms with Crippen LogP contribution in [0.1, 0.15) is 25.0 Å². The van der Waals surface area contributed by atoms with Gasteiger partial charge in [-0.2, -0.15) is 0 Å². The molecule has 0 amide bonds. The smallest absolute Gasteiger partial charge is 0.308 e. The molecular weight excluding hydrogens is 242 g/mol. The highest BCUT2D eigenvalue weighted by Crippen LogP contribution is 2.26. The lowest BCUT2D eigenvalue weighted by atomic mass is 10.0. The zero-order valence-corrected chi connectivity index (χ0v) is 11.4. The second-order valence-corrected chi connectivity index (χ2v) is 4.32. The first kappa shape index (κ1) is 13.5. The Balaban J connectivity index is 2.56. The Morgan fingerprint density at radius 1 is 1.37 bits per heavy atom. The summed E-state index contributed by atoms with van der Waals surface area (Å²) in [6, 6.07) is 5.48.